The number of nitrogens with one attached hydrogen (secondary N) is 1. The molecule has 13 heteroatoms. The number of hydrogen-bond donors (Lipinski definition) is 1. The van der Waals surface area contributed by atoms with Crippen LogP contribution in [0.25, 0.3) is 22.6 Å². The molecular weight excluding hydrogens is 452 g/mol. The number of nitrogens with zero attached hydrogens (tertiary/aromatic N) is 9. The summed E-state index contributed by atoms with van der Waals surface area (Å²) in [5.41, 5.74) is 0.0106. The van der Waals surface area contributed by atoms with Gasteiger partial charge in [0.15, 0.2) is 17.0 Å². The molecule has 4 aromatic heterocycles. The van der Waals surface area contributed by atoms with Crippen molar-refractivity contribution in [1.82, 2.24) is 38.6 Å². The van der Waals surface area contributed by atoms with Gasteiger partial charge in [0.2, 0.25) is 11.9 Å². The molecule has 1 saturated carbocycles. The van der Waals surface area contributed by atoms with Gasteiger partial charge in [-0.25, -0.2) is 29.7 Å². The molecule has 5 heterocycles. The van der Waals surface area contributed by atoms with E-state index >= 15 is 0 Å². The third kappa shape index (κ3) is 3.64. The Labute approximate surface area is 198 Å². The van der Waals surface area contributed by atoms with Gasteiger partial charge >= 0.3 is 5.69 Å². The van der Waals surface area contributed by atoms with Crippen molar-refractivity contribution in [2.45, 2.75) is 13.0 Å². The number of carbonyl (C=O) groups is 1. The zero-order chi connectivity index (χ0) is 24.3. The van der Waals surface area contributed by atoms with Crippen molar-refractivity contribution in [3.05, 3.63) is 51.8 Å². The van der Waals surface area contributed by atoms with Crippen LogP contribution in [-0.4, -0.2) is 57.6 Å². The number of aryl methyl sites for hydroxylation is 1. The summed E-state index contributed by atoms with van der Waals surface area (Å²) < 4.78 is 3.65. The Morgan fingerprint density at radius 1 is 1.06 bits per heavy atom. The van der Waals surface area contributed by atoms with E-state index in [2.05, 4.69) is 35.1 Å². The number of piperidine rings is 1. The lowest BCUT2D eigenvalue weighted by atomic mass is 10.3. The summed E-state index contributed by atoms with van der Waals surface area (Å²) in [5.74, 6) is 2.56. The fourth-order valence-electron chi connectivity index (χ4n) is 4.58. The molecule has 13 nitrogen and oxygen atoms in total. The van der Waals surface area contributed by atoms with Crippen LogP contribution in [0.2, 0.25) is 0 Å². The largest absolute Gasteiger partial charge is 0.340 e. The molecule has 4 aromatic rings. The Kier molecular flexibility index (Phi) is 4.72. The van der Waals surface area contributed by atoms with Crippen LogP contribution in [0.15, 0.2) is 40.6 Å². The molecule has 2 aliphatic rings. The second kappa shape index (κ2) is 7.82. The van der Waals surface area contributed by atoms with E-state index in [-0.39, 0.29) is 17.7 Å². The predicted octanol–water partition coefficient (Wildman–Crippen LogP) is -0.224. The molecule has 2 unspecified atom stereocenters. The Morgan fingerprint density at radius 3 is 2.54 bits per heavy atom. The Morgan fingerprint density at radius 2 is 1.80 bits per heavy atom. The highest BCUT2D eigenvalue weighted by Gasteiger charge is 2.45. The minimum absolute atomic E-state index is 0.167. The minimum atomic E-state index is -0.521. The zero-order valence-electron chi connectivity index (χ0n) is 19.1. The van der Waals surface area contributed by atoms with E-state index in [0.717, 1.165) is 29.5 Å². The lowest BCUT2D eigenvalue weighted by Gasteiger charge is -2.17. The average Bonchev–Trinajstić information content (AvgIpc) is 3.26. The number of hydrogen-bond acceptors (Lipinski definition) is 9. The van der Waals surface area contributed by atoms with Crippen LogP contribution in [0.1, 0.15) is 6.42 Å². The molecule has 1 aliphatic heterocycles. The first-order valence-corrected chi connectivity index (χ1v) is 11.2. The maximum atomic E-state index is 12.7. The van der Waals surface area contributed by atoms with Crippen molar-refractivity contribution < 1.29 is 4.79 Å². The van der Waals surface area contributed by atoms with Gasteiger partial charge in [0.05, 0.1) is 11.9 Å². The number of rotatable bonds is 5. The van der Waals surface area contributed by atoms with Crippen molar-refractivity contribution in [2.24, 2.45) is 25.9 Å². The monoisotopic (exact) mass is 474 g/mol. The Bertz CT molecular complexity index is 1580. The number of amides is 1. The van der Waals surface area contributed by atoms with Gasteiger partial charge in [-0.15, -0.1) is 0 Å². The van der Waals surface area contributed by atoms with Crippen LogP contribution in [0, 0.1) is 11.8 Å². The highest BCUT2D eigenvalue weighted by Crippen LogP contribution is 2.45. The molecule has 1 amide bonds. The van der Waals surface area contributed by atoms with E-state index in [0.29, 0.717) is 23.2 Å². The first-order valence-electron chi connectivity index (χ1n) is 11.2. The molecule has 1 aliphatic carbocycles. The van der Waals surface area contributed by atoms with Gasteiger partial charge in [-0.1, -0.05) is 0 Å². The topological polar surface area (TPSA) is 146 Å². The molecule has 1 N–H and O–H groups in total. The number of anilines is 2. The molecule has 0 radical (unpaired) electrons. The lowest BCUT2D eigenvalue weighted by molar-refractivity contribution is -0.116. The van der Waals surface area contributed by atoms with Crippen LogP contribution in [-0.2, 0) is 25.4 Å². The summed E-state index contributed by atoms with van der Waals surface area (Å²) in [6.07, 6.45) is 7.58. The normalized spacial score (nSPS) is 18.6. The summed E-state index contributed by atoms with van der Waals surface area (Å²) in [5, 5.41) is 2.72. The fraction of sp³-hybridized carbons (Fsp3) is 0.364. The SMILES string of the molecule is Cn1c(=O)c2c(ncn2CC(=O)Nc2ccnc(-c3cnc(N4CC5CC5C4)nc3)n2)n(C)c1=O. The summed E-state index contributed by atoms with van der Waals surface area (Å²) in [4.78, 5) is 61.3. The standard InChI is InChI=1S/C22H22N10O3/c1-29-19-17(20(34)30(2)22(29)35)32(11-26-19)10-16(33)27-15-3-4-23-18(28-15)14-6-24-21(25-7-14)31-8-12-5-13(12)9-31/h3-4,6-7,11-13H,5,8-10H2,1-2H3,(H,23,27,28,33). The average molecular weight is 474 g/mol. The van der Waals surface area contributed by atoms with E-state index < -0.39 is 17.2 Å². The molecule has 2 fully saturated rings. The Hall–Kier alpha value is -4.42. The van der Waals surface area contributed by atoms with Crippen LogP contribution < -0.4 is 21.5 Å². The van der Waals surface area contributed by atoms with Gasteiger partial charge in [-0.05, 0) is 24.3 Å². The minimum Gasteiger partial charge on any atom is -0.340 e. The van der Waals surface area contributed by atoms with E-state index in [1.54, 1.807) is 18.5 Å². The quantitative estimate of drug-likeness (QED) is 0.415. The van der Waals surface area contributed by atoms with E-state index in [1.807, 2.05) is 0 Å². The van der Waals surface area contributed by atoms with Crippen LogP contribution in [0.3, 0.4) is 0 Å². The third-order valence-electron chi connectivity index (χ3n) is 6.61. The second-order valence-electron chi connectivity index (χ2n) is 9.00. The molecule has 178 valence electrons. The lowest BCUT2D eigenvalue weighted by Crippen LogP contribution is -2.37. The van der Waals surface area contributed by atoms with Gasteiger partial charge in [0.25, 0.3) is 5.56 Å². The zero-order valence-corrected chi connectivity index (χ0v) is 19.1. The number of carbonyl (C=O) groups excluding carboxylic acids is 1. The van der Waals surface area contributed by atoms with Crippen molar-refractivity contribution >= 4 is 28.8 Å². The van der Waals surface area contributed by atoms with Gasteiger partial charge < -0.3 is 14.8 Å². The van der Waals surface area contributed by atoms with E-state index in [1.165, 1.54) is 42.2 Å². The first kappa shape index (κ1) is 21.1. The molecular formula is C22H22N10O3. The van der Waals surface area contributed by atoms with Gasteiger partial charge in [0, 0.05) is 45.8 Å². The van der Waals surface area contributed by atoms with Crippen molar-refractivity contribution in [2.75, 3.05) is 23.3 Å². The first-order chi connectivity index (χ1) is 16.9. The smallest absolute Gasteiger partial charge is 0.332 e. The van der Waals surface area contributed by atoms with E-state index in [4.69, 9.17) is 0 Å². The third-order valence-corrected chi connectivity index (χ3v) is 6.61. The highest BCUT2D eigenvalue weighted by atomic mass is 16.2. The van der Waals surface area contributed by atoms with Crippen molar-refractivity contribution in [3.8, 4) is 11.4 Å². The molecule has 2 atom stereocenters. The van der Waals surface area contributed by atoms with Gasteiger partial charge in [-0.2, -0.15) is 0 Å². The summed E-state index contributed by atoms with van der Waals surface area (Å²) in [6.45, 7) is 1.84. The molecule has 35 heavy (non-hydrogen) atoms. The predicted molar refractivity (Wildman–Crippen MR) is 126 cm³/mol. The molecule has 0 spiro atoms. The Balaban J connectivity index is 1.18. The van der Waals surface area contributed by atoms with Crippen molar-refractivity contribution in [3.63, 3.8) is 0 Å². The maximum Gasteiger partial charge on any atom is 0.332 e. The van der Waals surface area contributed by atoms with Crippen LogP contribution >= 0.6 is 0 Å². The maximum absolute atomic E-state index is 12.7. The van der Waals surface area contributed by atoms with Gasteiger partial charge in [-0.3, -0.25) is 18.7 Å². The summed E-state index contributed by atoms with van der Waals surface area (Å²) in [7, 11) is 2.90. The summed E-state index contributed by atoms with van der Waals surface area (Å²) in [6, 6.07) is 1.57. The summed E-state index contributed by atoms with van der Waals surface area (Å²) >= 11 is 0. The number of aromatic nitrogens is 8. The molecule has 0 aromatic carbocycles. The highest BCUT2D eigenvalue weighted by molar-refractivity contribution is 5.90. The number of imidazole rings is 1. The molecule has 1 saturated heterocycles. The molecule has 6 rings (SSSR count). The van der Waals surface area contributed by atoms with Crippen LogP contribution in [0.5, 0.6) is 0 Å². The molecule has 0 bridgehead atoms. The van der Waals surface area contributed by atoms with Crippen LogP contribution in [0.4, 0.5) is 11.8 Å². The fourth-order valence-corrected chi connectivity index (χ4v) is 4.58. The van der Waals surface area contributed by atoms with E-state index in [9.17, 15) is 14.4 Å². The second-order valence-corrected chi connectivity index (χ2v) is 9.00. The van der Waals surface area contributed by atoms with Crippen molar-refractivity contribution in [1.29, 1.82) is 0 Å². The van der Waals surface area contributed by atoms with Gasteiger partial charge in [0.1, 0.15) is 12.4 Å². The number of fused-ring (bicyclic) bond motifs is 2.